The van der Waals surface area contributed by atoms with E-state index < -0.39 is 29.9 Å². The van der Waals surface area contributed by atoms with Crippen molar-refractivity contribution in [2.24, 2.45) is 0 Å². The maximum absolute atomic E-state index is 12.6. The summed E-state index contributed by atoms with van der Waals surface area (Å²) < 4.78 is 16.4. The van der Waals surface area contributed by atoms with Crippen LogP contribution >= 0.6 is 0 Å². The van der Waals surface area contributed by atoms with E-state index in [1.165, 1.54) is 7.11 Å². The Morgan fingerprint density at radius 3 is 2.22 bits per heavy atom. The van der Waals surface area contributed by atoms with Crippen molar-refractivity contribution in [1.29, 1.82) is 0 Å². The summed E-state index contributed by atoms with van der Waals surface area (Å²) in [6.07, 6.45) is -1.50. The van der Waals surface area contributed by atoms with E-state index in [1.807, 2.05) is 60.7 Å². The maximum Gasteiger partial charge on any atom is 0.417 e. The molecule has 0 spiro atoms. The summed E-state index contributed by atoms with van der Waals surface area (Å²) in [6.45, 7) is 3.54. The van der Waals surface area contributed by atoms with Crippen molar-refractivity contribution >= 4 is 12.0 Å². The van der Waals surface area contributed by atoms with Crippen molar-refractivity contribution in [3.05, 3.63) is 71.8 Å². The smallest absolute Gasteiger partial charge is 0.417 e. The fourth-order valence-electron chi connectivity index (χ4n) is 2.90. The van der Waals surface area contributed by atoms with E-state index in [0.717, 1.165) is 16.0 Å². The predicted octanol–water partition coefficient (Wildman–Crippen LogP) is 3.67. The lowest BCUT2D eigenvalue weighted by atomic mass is 9.91. The summed E-state index contributed by atoms with van der Waals surface area (Å²) in [6, 6.07) is 18.0. The molecule has 0 aliphatic carbocycles. The largest absolute Gasteiger partial charge is 0.444 e. The van der Waals surface area contributed by atoms with Crippen LogP contribution in [0.2, 0.25) is 0 Å². The van der Waals surface area contributed by atoms with Crippen molar-refractivity contribution in [2.75, 3.05) is 7.11 Å². The summed E-state index contributed by atoms with van der Waals surface area (Å²) in [4.78, 5) is 26.3. The van der Waals surface area contributed by atoms with E-state index >= 15 is 0 Å². The van der Waals surface area contributed by atoms with Gasteiger partial charge in [-0.3, -0.25) is 4.79 Å². The zero-order valence-corrected chi connectivity index (χ0v) is 15.6. The van der Waals surface area contributed by atoms with Crippen LogP contribution in [0.25, 0.3) is 0 Å². The Balaban J connectivity index is 1.76. The lowest BCUT2D eigenvalue weighted by Crippen LogP contribution is -2.63. The van der Waals surface area contributed by atoms with Gasteiger partial charge in [0.05, 0.1) is 0 Å². The van der Waals surface area contributed by atoms with Crippen molar-refractivity contribution in [2.45, 2.75) is 38.4 Å². The van der Waals surface area contributed by atoms with Crippen molar-refractivity contribution < 1.29 is 23.8 Å². The number of ether oxygens (including phenoxy) is 3. The van der Waals surface area contributed by atoms with Crippen LogP contribution in [-0.4, -0.2) is 35.9 Å². The highest BCUT2D eigenvalue weighted by atomic mass is 16.7. The van der Waals surface area contributed by atoms with Gasteiger partial charge in [0, 0.05) is 7.11 Å². The molecule has 0 saturated carbocycles. The highest BCUT2D eigenvalue weighted by Crippen LogP contribution is 2.39. The van der Waals surface area contributed by atoms with Crippen molar-refractivity contribution in [1.82, 2.24) is 4.90 Å². The minimum Gasteiger partial charge on any atom is -0.444 e. The molecule has 3 rings (SSSR count). The number of amides is 2. The molecule has 0 unspecified atom stereocenters. The first-order chi connectivity index (χ1) is 12.9. The van der Waals surface area contributed by atoms with Crippen LogP contribution in [0.15, 0.2) is 60.7 Å². The Kier molecular flexibility index (Phi) is 5.58. The van der Waals surface area contributed by atoms with Crippen LogP contribution < -0.4 is 0 Å². The van der Waals surface area contributed by atoms with E-state index in [2.05, 4.69) is 0 Å². The summed E-state index contributed by atoms with van der Waals surface area (Å²) in [5.74, 6) is -1.39. The first kappa shape index (κ1) is 19.1. The van der Waals surface area contributed by atoms with Gasteiger partial charge in [0.15, 0.2) is 11.9 Å². The predicted molar refractivity (Wildman–Crippen MR) is 98.6 cm³/mol. The van der Waals surface area contributed by atoms with E-state index in [0.29, 0.717) is 0 Å². The molecular formula is C21H23NO5. The molecule has 0 bridgehead atoms. The molecule has 2 aromatic rings. The SMILES string of the molecule is COC(C)(C)O[C@H]1C(=O)N(C(=O)OCc2ccccc2)[C@H]1c1ccccc1. The molecule has 2 atom stereocenters. The second-order valence-corrected chi connectivity index (χ2v) is 6.75. The number of carbonyl (C=O) groups excluding carboxylic acids is 2. The fraction of sp³-hybridized carbons (Fsp3) is 0.333. The molecule has 27 heavy (non-hydrogen) atoms. The third-order valence-corrected chi connectivity index (χ3v) is 4.49. The molecular weight excluding hydrogens is 346 g/mol. The van der Waals surface area contributed by atoms with Gasteiger partial charge in [0.2, 0.25) is 0 Å². The molecule has 2 aromatic carbocycles. The van der Waals surface area contributed by atoms with Crippen LogP contribution in [0.1, 0.15) is 31.0 Å². The number of carbonyl (C=O) groups is 2. The van der Waals surface area contributed by atoms with Gasteiger partial charge >= 0.3 is 6.09 Å². The standard InChI is InChI=1S/C21H23NO5/c1-21(2,25-3)27-18-17(16-12-8-5-9-13-16)22(19(18)23)20(24)26-14-15-10-6-4-7-11-15/h4-13,17-18H,14H2,1-3H3/t17-,18+/m0/s1. The number of benzene rings is 2. The van der Waals surface area contributed by atoms with E-state index in [1.54, 1.807) is 13.8 Å². The highest BCUT2D eigenvalue weighted by molar-refractivity contribution is 6.01. The third-order valence-electron chi connectivity index (χ3n) is 4.49. The van der Waals surface area contributed by atoms with Gasteiger partial charge in [-0.25, -0.2) is 9.69 Å². The zero-order valence-electron chi connectivity index (χ0n) is 15.6. The Hall–Kier alpha value is -2.70. The molecule has 1 fully saturated rings. The quantitative estimate of drug-likeness (QED) is 0.574. The lowest BCUT2D eigenvalue weighted by Gasteiger charge is -2.46. The van der Waals surface area contributed by atoms with Gasteiger partial charge in [-0.05, 0) is 25.0 Å². The van der Waals surface area contributed by atoms with Crippen LogP contribution in [0.5, 0.6) is 0 Å². The second kappa shape index (κ2) is 7.90. The average molecular weight is 369 g/mol. The highest BCUT2D eigenvalue weighted by Gasteiger charge is 2.55. The van der Waals surface area contributed by atoms with Crippen LogP contribution in [0, 0.1) is 0 Å². The Labute approximate surface area is 158 Å². The van der Waals surface area contributed by atoms with Crippen LogP contribution in [0.4, 0.5) is 4.79 Å². The molecule has 2 amide bonds. The molecule has 6 nitrogen and oxygen atoms in total. The second-order valence-electron chi connectivity index (χ2n) is 6.75. The number of imide groups is 1. The van der Waals surface area contributed by atoms with Crippen LogP contribution in [-0.2, 0) is 25.6 Å². The topological polar surface area (TPSA) is 65.1 Å². The molecule has 6 heteroatoms. The first-order valence-electron chi connectivity index (χ1n) is 8.74. The van der Waals surface area contributed by atoms with Crippen LogP contribution in [0.3, 0.4) is 0 Å². The molecule has 0 N–H and O–H groups in total. The maximum atomic E-state index is 12.6. The molecule has 1 heterocycles. The van der Waals surface area contributed by atoms with Gasteiger partial charge < -0.3 is 14.2 Å². The zero-order chi connectivity index (χ0) is 19.4. The summed E-state index contributed by atoms with van der Waals surface area (Å²) in [5, 5.41) is 0. The number of methoxy groups -OCH3 is 1. The van der Waals surface area contributed by atoms with E-state index in [-0.39, 0.29) is 6.61 Å². The van der Waals surface area contributed by atoms with Crippen molar-refractivity contribution in [3.63, 3.8) is 0 Å². The minimum atomic E-state index is -0.951. The number of hydrogen-bond acceptors (Lipinski definition) is 5. The number of nitrogens with zero attached hydrogens (tertiary/aromatic N) is 1. The number of β-lactam (4-membered cyclic amide) rings is 1. The number of hydrogen-bond donors (Lipinski definition) is 0. The summed E-state index contributed by atoms with van der Waals surface area (Å²) in [5.41, 5.74) is 1.65. The third kappa shape index (κ3) is 4.18. The van der Waals surface area contributed by atoms with Gasteiger partial charge in [-0.15, -0.1) is 0 Å². The number of rotatable bonds is 6. The van der Waals surface area contributed by atoms with E-state index in [9.17, 15) is 9.59 Å². The Bertz CT molecular complexity index is 791. The average Bonchev–Trinajstić information content (AvgIpc) is 2.69. The molecule has 142 valence electrons. The first-order valence-corrected chi connectivity index (χ1v) is 8.74. The van der Waals surface area contributed by atoms with E-state index in [4.69, 9.17) is 14.2 Å². The molecule has 1 aliphatic heterocycles. The Morgan fingerprint density at radius 2 is 1.63 bits per heavy atom. The van der Waals surface area contributed by atoms with Gasteiger partial charge in [-0.1, -0.05) is 60.7 Å². The molecule has 1 saturated heterocycles. The summed E-state index contributed by atoms with van der Waals surface area (Å²) >= 11 is 0. The molecule has 0 aromatic heterocycles. The minimum absolute atomic E-state index is 0.0973. The monoisotopic (exact) mass is 369 g/mol. The number of likely N-dealkylation sites (tertiary alicyclic amines) is 1. The lowest BCUT2D eigenvalue weighted by molar-refractivity contribution is -0.251. The van der Waals surface area contributed by atoms with Gasteiger partial charge in [0.25, 0.3) is 5.91 Å². The fourth-order valence-corrected chi connectivity index (χ4v) is 2.90. The summed E-state index contributed by atoms with van der Waals surface area (Å²) in [7, 11) is 1.51. The normalized spacial score (nSPS) is 19.5. The van der Waals surface area contributed by atoms with Gasteiger partial charge in [-0.2, -0.15) is 0 Å². The Morgan fingerprint density at radius 1 is 1.04 bits per heavy atom. The van der Waals surface area contributed by atoms with Crippen molar-refractivity contribution in [3.8, 4) is 0 Å². The molecule has 1 aliphatic rings. The van der Waals surface area contributed by atoms with Gasteiger partial charge in [0.1, 0.15) is 12.6 Å². The molecule has 0 radical (unpaired) electrons.